The second-order valence-corrected chi connectivity index (χ2v) is 11.1. The molecule has 3 heterocycles. The van der Waals surface area contributed by atoms with Gasteiger partial charge in [-0.2, -0.15) is 4.31 Å². The first-order valence-electron chi connectivity index (χ1n) is 9.50. The molecular formula is C19H20BrFN4O3S. The van der Waals surface area contributed by atoms with Crippen LogP contribution in [0.4, 0.5) is 4.39 Å². The normalized spacial score (nSPS) is 24.3. The van der Waals surface area contributed by atoms with Gasteiger partial charge >= 0.3 is 0 Å². The Morgan fingerprint density at radius 2 is 1.93 bits per heavy atom. The van der Waals surface area contributed by atoms with Gasteiger partial charge in [0.2, 0.25) is 10.0 Å². The van der Waals surface area contributed by atoms with Gasteiger partial charge in [0, 0.05) is 43.3 Å². The molecule has 1 saturated carbocycles. The van der Waals surface area contributed by atoms with Crippen molar-refractivity contribution in [2.45, 2.75) is 43.3 Å². The van der Waals surface area contributed by atoms with E-state index in [1.165, 1.54) is 22.5 Å². The molecular weight excluding hydrogens is 463 g/mol. The highest BCUT2D eigenvalue weighted by Crippen LogP contribution is 2.52. The van der Waals surface area contributed by atoms with E-state index in [-0.39, 0.29) is 28.3 Å². The number of fused-ring (bicyclic) bond motifs is 1. The van der Waals surface area contributed by atoms with Crippen molar-refractivity contribution in [3.05, 3.63) is 46.7 Å². The molecule has 0 radical (unpaired) electrons. The first-order valence-corrected chi connectivity index (χ1v) is 11.7. The van der Waals surface area contributed by atoms with E-state index in [4.69, 9.17) is 0 Å². The van der Waals surface area contributed by atoms with Crippen LogP contribution in [0.15, 0.2) is 40.0 Å². The number of benzene rings is 1. The Balaban J connectivity index is 1.27. The molecule has 7 nitrogen and oxygen atoms in total. The van der Waals surface area contributed by atoms with E-state index < -0.39 is 15.8 Å². The summed E-state index contributed by atoms with van der Waals surface area (Å²) in [6.45, 7) is 3.46. The van der Waals surface area contributed by atoms with Crippen molar-refractivity contribution in [2.24, 2.45) is 5.41 Å². The number of hydrogen-bond donors (Lipinski definition) is 0. The number of hydrogen-bond acceptors (Lipinski definition) is 4. The van der Waals surface area contributed by atoms with Gasteiger partial charge in [0.05, 0.1) is 0 Å². The molecule has 154 valence electrons. The molecule has 2 aromatic rings. The van der Waals surface area contributed by atoms with Crippen molar-refractivity contribution >= 4 is 31.9 Å². The number of rotatable bonds is 3. The van der Waals surface area contributed by atoms with Gasteiger partial charge in [-0.05, 0) is 47.8 Å². The third-order valence-electron chi connectivity index (χ3n) is 6.32. The van der Waals surface area contributed by atoms with Crippen LogP contribution in [0.25, 0.3) is 0 Å². The summed E-state index contributed by atoms with van der Waals surface area (Å²) >= 11 is 3.32. The Labute approximate surface area is 176 Å². The molecule has 1 aromatic heterocycles. The molecule has 1 saturated heterocycles. The second kappa shape index (κ2) is 6.36. The average molecular weight is 483 g/mol. The number of nitrogens with zero attached hydrogens (tertiary/aromatic N) is 4. The molecule has 2 aliphatic heterocycles. The van der Waals surface area contributed by atoms with Crippen molar-refractivity contribution in [1.82, 2.24) is 18.8 Å². The van der Waals surface area contributed by atoms with Gasteiger partial charge in [-0.15, -0.1) is 0 Å². The highest BCUT2D eigenvalue weighted by atomic mass is 79.9. The zero-order chi connectivity index (χ0) is 20.6. The Kier molecular flexibility index (Phi) is 4.21. The number of aromatic nitrogens is 2. The molecule has 1 atom stereocenters. The molecule has 29 heavy (non-hydrogen) atoms. The lowest BCUT2D eigenvalue weighted by molar-refractivity contribution is -0.0776. The quantitative estimate of drug-likeness (QED) is 0.673. The average Bonchev–Trinajstić information content (AvgIpc) is 2.95. The molecule has 2 fully saturated rings. The Bertz CT molecular complexity index is 1100. The van der Waals surface area contributed by atoms with Crippen LogP contribution in [0.3, 0.4) is 0 Å². The molecule has 1 spiro atoms. The summed E-state index contributed by atoms with van der Waals surface area (Å²) in [4.78, 5) is 18.8. The van der Waals surface area contributed by atoms with Crippen LogP contribution in [0.2, 0.25) is 0 Å². The van der Waals surface area contributed by atoms with Gasteiger partial charge in [-0.25, -0.2) is 17.8 Å². The molecule has 1 aliphatic carbocycles. The van der Waals surface area contributed by atoms with Crippen LogP contribution in [0, 0.1) is 11.2 Å². The molecule has 0 unspecified atom stereocenters. The first kappa shape index (κ1) is 19.2. The third kappa shape index (κ3) is 2.87. The summed E-state index contributed by atoms with van der Waals surface area (Å²) in [5.41, 5.74) is -0.115. The first-order chi connectivity index (χ1) is 13.7. The lowest BCUT2D eigenvalue weighted by atomic mass is 9.61. The van der Waals surface area contributed by atoms with Crippen LogP contribution < -0.4 is 0 Å². The molecule has 0 bridgehead atoms. The van der Waals surface area contributed by atoms with E-state index in [1.54, 1.807) is 0 Å². The van der Waals surface area contributed by atoms with Crippen LogP contribution in [-0.2, 0) is 16.6 Å². The zero-order valence-corrected chi connectivity index (χ0v) is 18.2. The largest absolute Gasteiger partial charge is 0.328 e. The standard InChI is InChI=1S/C19H20BrFN4O3S/c1-12-8-23-9-16(20)22-17(23)18(26)25(12)13-6-19(7-13)10-24(11-19)29(27,28)15-5-3-2-4-14(15)21/h2-5,9,12-13H,6-8,10-11H2,1H3/t12-/m1/s1. The third-order valence-corrected chi connectivity index (χ3v) is 8.52. The summed E-state index contributed by atoms with van der Waals surface area (Å²) in [5.74, 6) is -0.368. The van der Waals surface area contributed by atoms with Crippen LogP contribution in [0.1, 0.15) is 30.4 Å². The fraction of sp³-hybridized carbons (Fsp3) is 0.474. The van der Waals surface area contributed by atoms with Gasteiger partial charge in [0.1, 0.15) is 15.3 Å². The van der Waals surface area contributed by atoms with E-state index in [0.717, 1.165) is 18.9 Å². The minimum Gasteiger partial charge on any atom is -0.328 e. The smallest absolute Gasteiger partial charge is 0.290 e. The summed E-state index contributed by atoms with van der Waals surface area (Å²) in [6.07, 6.45) is 3.34. The maximum Gasteiger partial charge on any atom is 0.290 e. The summed E-state index contributed by atoms with van der Waals surface area (Å²) < 4.78 is 43.2. The maximum absolute atomic E-state index is 13.9. The van der Waals surface area contributed by atoms with Gasteiger partial charge in [0.25, 0.3) is 5.91 Å². The highest BCUT2D eigenvalue weighted by molar-refractivity contribution is 9.10. The fourth-order valence-electron chi connectivity index (χ4n) is 4.97. The number of halogens is 2. The number of carbonyl (C=O) groups is 1. The predicted octanol–water partition coefficient (Wildman–Crippen LogP) is 2.48. The van der Waals surface area contributed by atoms with Crippen LogP contribution >= 0.6 is 15.9 Å². The van der Waals surface area contributed by atoms with E-state index in [2.05, 4.69) is 20.9 Å². The van der Waals surface area contributed by atoms with Crippen molar-refractivity contribution < 1.29 is 17.6 Å². The monoisotopic (exact) mass is 482 g/mol. The van der Waals surface area contributed by atoms with Gasteiger partial charge in [-0.1, -0.05) is 12.1 Å². The van der Waals surface area contributed by atoms with Crippen molar-refractivity contribution in [1.29, 1.82) is 0 Å². The lowest BCUT2D eigenvalue weighted by Gasteiger charge is -2.61. The van der Waals surface area contributed by atoms with E-state index >= 15 is 0 Å². The maximum atomic E-state index is 13.9. The van der Waals surface area contributed by atoms with Gasteiger partial charge < -0.3 is 9.47 Å². The molecule has 0 N–H and O–H groups in total. The van der Waals surface area contributed by atoms with E-state index in [9.17, 15) is 17.6 Å². The van der Waals surface area contributed by atoms with Gasteiger partial charge in [0.15, 0.2) is 5.82 Å². The molecule has 5 rings (SSSR count). The van der Waals surface area contributed by atoms with Gasteiger partial charge in [-0.3, -0.25) is 4.79 Å². The van der Waals surface area contributed by atoms with Crippen LogP contribution in [-0.4, -0.2) is 58.3 Å². The number of carbonyl (C=O) groups excluding carboxylic acids is 1. The van der Waals surface area contributed by atoms with Crippen molar-refractivity contribution in [3.8, 4) is 0 Å². The summed E-state index contributed by atoms with van der Waals surface area (Å²) in [5, 5.41) is 0. The molecule has 1 amide bonds. The zero-order valence-electron chi connectivity index (χ0n) is 15.8. The van der Waals surface area contributed by atoms with E-state index in [0.29, 0.717) is 30.1 Å². The van der Waals surface area contributed by atoms with Crippen LogP contribution in [0.5, 0.6) is 0 Å². The topological polar surface area (TPSA) is 75.5 Å². The second-order valence-electron chi connectivity index (χ2n) is 8.37. The molecule has 10 heteroatoms. The van der Waals surface area contributed by atoms with Crippen molar-refractivity contribution in [2.75, 3.05) is 13.1 Å². The van der Waals surface area contributed by atoms with Crippen molar-refractivity contribution in [3.63, 3.8) is 0 Å². The predicted molar refractivity (Wildman–Crippen MR) is 106 cm³/mol. The Hall–Kier alpha value is -1.78. The molecule has 3 aliphatic rings. The number of sulfonamides is 1. The fourth-order valence-corrected chi connectivity index (χ4v) is 7.11. The van der Waals surface area contributed by atoms with E-state index in [1.807, 2.05) is 22.6 Å². The number of imidazole rings is 1. The number of amides is 1. The highest BCUT2D eigenvalue weighted by Gasteiger charge is 2.58. The summed E-state index contributed by atoms with van der Waals surface area (Å²) in [7, 11) is -3.82. The molecule has 1 aromatic carbocycles. The Morgan fingerprint density at radius 3 is 2.62 bits per heavy atom. The minimum absolute atomic E-state index is 0.0526. The summed E-state index contributed by atoms with van der Waals surface area (Å²) in [6, 6.07) is 5.59. The minimum atomic E-state index is -3.82. The lowest BCUT2D eigenvalue weighted by Crippen LogP contribution is -2.69. The SMILES string of the molecule is C[C@@H]1Cn2cc(Br)nc2C(=O)N1C1CC2(C1)CN(S(=O)(=O)c1ccccc1F)C2. The Morgan fingerprint density at radius 1 is 1.24 bits per heavy atom.